The highest BCUT2D eigenvalue weighted by atomic mass is 16.1. The van der Waals surface area contributed by atoms with E-state index in [1.165, 1.54) is 0 Å². The molecule has 0 saturated heterocycles. The van der Waals surface area contributed by atoms with E-state index in [9.17, 15) is 4.79 Å². The molecule has 3 heteroatoms. The zero-order valence-electron chi connectivity index (χ0n) is 11.3. The van der Waals surface area contributed by atoms with Gasteiger partial charge >= 0.3 is 0 Å². The molecule has 0 spiro atoms. The van der Waals surface area contributed by atoms with Gasteiger partial charge < -0.3 is 11.1 Å². The predicted octanol–water partition coefficient (Wildman–Crippen LogP) is 1.91. The zero-order valence-corrected chi connectivity index (χ0v) is 11.3. The molecule has 1 saturated carbocycles. The largest absolute Gasteiger partial charge is 0.356 e. The summed E-state index contributed by atoms with van der Waals surface area (Å²) in [6, 6.07) is 0.111. The van der Waals surface area contributed by atoms with E-state index in [0.29, 0.717) is 23.2 Å². The Hall–Kier alpha value is -0.570. The van der Waals surface area contributed by atoms with Gasteiger partial charge in [0.05, 0.1) is 0 Å². The number of carbonyl (C=O) groups is 1. The summed E-state index contributed by atoms with van der Waals surface area (Å²) in [5, 5.41) is 3.02. The Labute approximate surface area is 99.2 Å². The van der Waals surface area contributed by atoms with Crippen molar-refractivity contribution in [2.75, 3.05) is 6.54 Å². The molecule has 1 fully saturated rings. The first-order chi connectivity index (χ1) is 7.19. The van der Waals surface area contributed by atoms with Gasteiger partial charge in [-0.05, 0) is 30.1 Å². The topological polar surface area (TPSA) is 55.1 Å². The van der Waals surface area contributed by atoms with Crippen molar-refractivity contribution >= 4 is 5.91 Å². The number of nitrogens with one attached hydrogen (secondary N) is 1. The van der Waals surface area contributed by atoms with Crippen molar-refractivity contribution in [3.8, 4) is 0 Å². The molecule has 3 N–H and O–H groups in total. The fourth-order valence-electron chi connectivity index (χ4n) is 2.51. The third kappa shape index (κ3) is 2.57. The zero-order chi connectivity index (χ0) is 12.6. The first-order valence-electron chi connectivity index (χ1n) is 6.22. The van der Waals surface area contributed by atoms with Crippen LogP contribution in [0.25, 0.3) is 0 Å². The van der Waals surface area contributed by atoms with Gasteiger partial charge in [0.15, 0.2) is 0 Å². The number of carbonyl (C=O) groups excluding carboxylic acids is 1. The second-order valence-corrected chi connectivity index (χ2v) is 6.32. The molecule has 94 valence electrons. The van der Waals surface area contributed by atoms with Crippen LogP contribution in [0, 0.1) is 16.7 Å². The molecular weight excluding hydrogens is 200 g/mol. The van der Waals surface area contributed by atoms with Crippen LogP contribution in [0.2, 0.25) is 0 Å². The van der Waals surface area contributed by atoms with E-state index in [0.717, 1.165) is 13.0 Å². The Kier molecular flexibility index (Phi) is 3.68. The van der Waals surface area contributed by atoms with Crippen LogP contribution < -0.4 is 11.1 Å². The summed E-state index contributed by atoms with van der Waals surface area (Å²) >= 11 is 0. The molecule has 0 aromatic rings. The maximum Gasteiger partial charge on any atom is 0.220 e. The predicted molar refractivity (Wildman–Crippen MR) is 66.9 cm³/mol. The minimum Gasteiger partial charge on any atom is -0.356 e. The molecule has 0 aromatic carbocycles. The molecule has 0 aliphatic heterocycles. The van der Waals surface area contributed by atoms with Crippen LogP contribution in [0.1, 0.15) is 47.5 Å². The van der Waals surface area contributed by atoms with E-state index in [1.807, 2.05) is 6.92 Å². The smallest absolute Gasteiger partial charge is 0.220 e. The third-order valence-electron chi connectivity index (χ3n) is 4.65. The fraction of sp³-hybridized carbons (Fsp3) is 0.923. The quantitative estimate of drug-likeness (QED) is 0.752. The van der Waals surface area contributed by atoms with Crippen molar-refractivity contribution < 1.29 is 4.79 Å². The van der Waals surface area contributed by atoms with Crippen molar-refractivity contribution in [2.45, 2.75) is 53.5 Å². The molecule has 1 rings (SSSR count). The lowest BCUT2D eigenvalue weighted by molar-refractivity contribution is -0.121. The number of amides is 1. The van der Waals surface area contributed by atoms with Crippen molar-refractivity contribution in [3.05, 3.63) is 0 Å². The molecule has 1 amide bonds. The van der Waals surface area contributed by atoms with Crippen LogP contribution >= 0.6 is 0 Å². The average Bonchev–Trinajstić information content (AvgIpc) is 2.51. The van der Waals surface area contributed by atoms with Crippen molar-refractivity contribution in [1.82, 2.24) is 5.32 Å². The van der Waals surface area contributed by atoms with Crippen molar-refractivity contribution in [1.29, 1.82) is 0 Å². The lowest BCUT2D eigenvalue weighted by Gasteiger charge is -2.07. The number of hydrogen-bond acceptors (Lipinski definition) is 2. The Balaban J connectivity index is 2.24. The molecule has 16 heavy (non-hydrogen) atoms. The summed E-state index contributed by atoms with van der Waals surface area (Å²) in [4.78, 5) is 11.5. The summed E-state index contributed by atoms with van der Waals surface area (Å²) in [6.45, 7) is 11.8. The SMILES string of the molecule is CC(N)CCC(=O)NCC1C(C)(C)C1(C)C. The minimum absolute atomic E-state index is 0.111. The maximum atomic E-state index is 11.5. The second-order valence-electron chi connectivity index (χ2n) is 6.32. The molecule has 0 aromatic heterocycles. The van der Waals surface area contributed by atoms with Gasteiger partial charge in [0.25, 0.3) is 0 Å². The highest BCUT2D eigenvalue weighted by Crippen LogP contribution is 2.67. The first-order valence-corrected chi connectivity index (χ1v) is 6.22. The Morgan fingerprint density at radius 2 is 1.81 bits per heavy atom. The van der Waals surface area contributed by atoms with E-state index >= 15 is 0 Å². The standard InChI is InChI=1S/C13H26N2O/c1-9(14)6-7-11(16)15-8-10-12(2,3)13(10,4)5/h9-10H,6-8,14H2,1-5H3,(H,15,16). The maximum absolute atomic E-state index is 11.5. The van der Waals surface area contributed by atoms with Gasteiger partial charge in [0, 0.05) is 19.0 Å². The first kappa shape index (κ1) is 13.5. The number of hydrogen-bond donors (Lipinski definition) is 2. The van der Waals surface area contributed by atoms with Crippen LogP contribution in [0.3, 0.4) is 0 Å². The highest BCUT2D eigenvalue weighted by molar-refractivity contribution is 5.75. The fourth-order valence-corrected chi connectivity index (χ4v) is 2.51. The lowest BCUT2D eigenvalue weighted by atomic mass is 10.0. The monoisotopic (exact) mass is 226 g/mol. The molecule has 0 heterocycles. The van der Waals surface area contributed by atoms with E-state index in [2.05, 4.69) is 33.0 Å². The van der Waals surface area contributed by atoms with E-state index in [-0.39, 0.29) is 11.9 Å². The van der Waals surface area contributed by atoms with Crippen LogP contribution in [0.5, 0.6) is 0 Å². The summed E-state index contributed by atoms with van der Waals surface area (Å²) < 4.78 is 0. The molecule has 1 atom stereocenters. The normalized spacial score (nSPS) is 23.9. The third-order valence-corrected chi connectivity index (χ3v) is 4.65. The molecular formula is C13H26N2O. The van der Waals surface area contributed by atoms with Crippen molar-refractivity contribution in [3.63, 3.8) is 0 Å². The molecule has 1 aliphatic carbocycles. The van der Waals surface area contributed by atoms with Gasteiger partial charge in [-0.25, -0.2) is 0 Å². The highest BCUT2D eigenvalue weighted by Gasteiger charge is 2.64. The van der Waals surface area contributed by atoms with Crippen LogP contribution in [0.15, 0.2) is 0 Å². The van der Waals surface area contributed by atoms with Gasteiger partial charge in [-0.1, -0.05) is 27.7 Å². The molecule has 1 aliphatic rings. The van der Waals surface area contributed by atoms with E-state index < -0.39 is 0 Å². The van der Waals surface area contributed by atoms with Gasteiger partial charge in [-0.15, -0.1) is 0 Å². The molecule has 1 unspecified atom stereocenters. The Bertz CT molecular complexity index is 255. The Morgan fingerprint density at radius 3 is 2.19 bits per heavy atom. The van der Waals surface area contributed by atoms with Gasteiger partial charge in [-0.2, -0.15) is 0 Å². The van der Waals surface area contributed by atoms with Gasteiger partial charge in [0.2, 0.25) is 5.91 Å². The molecule has 0 bridgehead atoms. The number of nitrogens with two attached hydrogens (primary N) is 1. The molecule has 3 nitrogen and oxygen atoms in total. The summed E-state index contributed by atoms with van der Waals surface area (Å²) in [6.07, 6.45) is 1.31. The van der Waals surface area contributed by atoms with Crippen LogP contribution in [-0.4, -0.2) is 18.5 Å². The average molecular weight is 226 g/mol. The summed E-state index contributed by atoms with van der Waals surface area (Å²) in [7, 11) is 0. The second kappa shape index (κ2) is 4.36. The molecule has 0 radical (unpaired) electrons. The number of rotatable bonds is 5. The van der Waals surface area contributed by atoms with Gasteiger partial charge in [-0.3, -0.25) is 4.79 Å². The van der Waals surface area contributed by atoms with E-state index in [1.54, 1.807) is 0 Å². The van der Waals surface area contributed by atoms with Gasteiger partial charge in [0.1, 0.15) is 0 Å². The van der Waals surface area contributed by atoms with Crippen LogP contribution in [0.4, 0.5) is 0 Å². The Morgan fingerprint density at radius 1 is 1.31 bits per heavy atom. The lowest BCUT2D eigenvalue weighted by Crippen LogP contribution is -2.28. The minimum atomic E-state index is 0.111. The summed E-state index contributed by atoms with van der Waals surface area (Å²) in [5.41, 5.74) is 6.31. The van der Waals surface area contributed by atoms with E-state index in [4.69, 9.17) is 5.73 Å². The van der Waals surface area contributed by atoms with Crippen molar-refractivity contribution in [2.24, 2.45) is 22.5 Å². The summed E-state index contributed by atoms with van der Waals surface area (Å²) in [5.74, 6) is 0.732. The van der Waals surface area contributed by atoms with Crippen LogP contribution in [-0.2, 0) is 4.79 Å².